The van der Waals surface area contributed by atoms with Crippen LogP contribution in [0.2, 0.25) is 0 Å². The van der Waals surface area contributed by atoms with E-state index in [9.17, 15) is 4.79 Å². The second-order valence-electron chi connectivity index (χ2n) is 8.07. The molecular weight excluding hydrogens is 308 g/mol. The Hall–Kier alpha value is -1.86. The molecule has 1 saturated carbocycles. The molecule has 1 aromatic heterocycles. The van der Waals surface area contributed by atoms with E-state index in [-0.39, 0.29) is 6.09 Å². The molecule has 1 saturated heterocycles. The molecule has 134 valence electrons. The van der Waals surface area contributed by atoms with Crippen LogP contribution < -0.4 is 4.90 Å². The molecule has 0 N–H and O–H groups in total. The Morgan fingerprint density at radius 3 is 2.71 bits per heavy atom. The van der Waals surface area contributed by atoms with Crippen molar-refractivity contribution in [2.24, 2.45) is 11.8 Å². The predicted molar refractivity (Wildman–Crippen MR) is 89.7 cm³/mol. The molecule has 1 aliphatic heterocycles. The normalized spacial score (nSPS) is 21.2. The highest BCUT2D eigenvalue weighted by molar-refractivity contribution is 5.67. The van der Waals surface area contributed by atoms with E-state index < -0.39 is 5.60 Å². The van der Waals surface area contributed by atoms with Crippen molar-refractivity contribution in [3.8, 4) is 0 Å². The molecule has 1 unspecified atom stereocenters. The molecule has 1 amide bonds. The largest absolute Gasteiger partial charge is 0.444 e. The number of ether oxygens (including phenoxy) is 1. The number of anilines is 1. The lowest BCUT2D eigenvalue weighted by Crippen LogP contribution is -2.37. The van der Waals surface area contributed by atoms with Crippen molar-refractivity contribution in [1.82, 2.24) is 25.1 Å². The summed E-state index contributed by atoms with van der Waals surface area (Å²) in [6.45, 7) is 9.06. The molecule has 8 heteroatoms. The van der Waals surface area contributed by atoms with Gasteiger partial charge in [0.15, 0.2) is 0 Å². The second kappa shape index (κ2) is 6.57. The van der Waals surface area contributed by atoms with Gasteiger partial charge in [0.2, 0.25) is 5.95 Å². The van der Waals surface area contributed by atoms with Gasteiger partial charge in [-0.1, -0.05) is 5.10 Å². The van der Waals surface area contributed by atoms with Gasteiger partial charge in [-0.25, -0.2) is 9.48 Å². The molecular formula is C16H28N6O2. The third-order valence-electron chi connectivity index (χ3n) is 4.45. The summed E-state index contributed by atoms with van der Waals surface area (Å²) in [5.41, 5.74) is -0.460. The van der Waals surface area contributed by atoms with Crippen LogP contribution in [0, 0.1) is 11.8 Å². The zero-order valence-corrected chi connectivity index (χ0v) is 15.1. The number of rotatable bonds is 5. The maximum atomic E-state index is 12.1. The first-order chi connectivity index (χ1) is 11.3. The van der Waals surface area contributed by atoms with Crippen molar-refractivity contribution in [2.75, 3.05) is 31.6 Å². The third-order valence-corrected chi connectivity index (χ3v) is 4.45. The first-order valence-corrected chi connectivity index (χ1v) is 8.77. The van der Waals surface area contributed by atoms with Gasteiger partial charge >= 0.3 is 6.09 Å². The lowest BCUT2D eigenvalue weighted by molar-refractivity contribution is 0.0277. The highest BCUT2D eigenvalue weighted by Gasteiger charge is 2.31. The number of hydrogen-bond donors (Lipinski definition) is 0. The number of hydrogen-bond acceptors (Lipinski definition) is 6. The summed E-state index contributed by atoms with van der Waals surface area (Å²) in [6.07, 6.45) is 3.33. The standard InChI is InChI=1S/C16H28N6O2/c1-16(2,3)24-15(23)20(4)9-13-7-8-21(10-13)14-17-18-19-22(14)11-12-5-6-12/h12-13H,5-11H2,1-4H3. The summed E-state index contributed by atoms with van der Waals surface area (Å²) in [5, 5.41) is 12.2. The van der Waals surface area contributed by atoms with Gasteiger partial charge in [-0.3, -0.25) is 0 Å². The van der Waals surface area contributed by atoms with Crippen molar-refractivity contribution < 1.29 is 9.53 Å². The molecule has 1 aliphatic carbocycles. The number of tetrazole rings is 1. The topological polar surface area (TPSA) is 76.4 Å². The Bertz CT molecular complexity index is 577. The van der Waals surface area contributed by atoms with Crippen LogP contribution in [0.25, 0.3) is 0 Å². The summed E-state index contributed by atoms with van der Waals surface area (Å²) in [7, 11) is 1.80. The SMILES string of the molecule is CN(CC1CCN(c2nnnn2CC2CC2)C1)C(=O)OC(C)(C)C. The first kappa shape index (κ1) is 17.0. The molecule has 3 rings (SSSR count). The van der Waals surface area contributed by atoms with Crippen LogP contribution in [-0.4, -0.2) is 63.5 Å². The molecule has 0 spiro atoms. The van der Waals surface area contributed by atoms with Gasteiger partial charge in [-0.15, -0.1) is 0 Å². The van der Waals surface area contributed by atoms with Gasteiger partial charge < -0.3 is 14.5 Å². The zero-order valence-electron chi connectivity index (χ0n) is 15.1. The average molecular weight is 336 g/mol. The summed E-state index contributed by atoms with van der Waals surface area (Å²) >= 11 is 0. The van der Waals surface area contributed by atoms with Crippen molar-refractivity contribution in [3.05, 3.63) is 0 Å². The summed E-state index contributed by atoms with van der Waals surface area (Å²) in [6, 6.07) is 0. The van der Waals surface area contributed by atoms with Gasteiger partial charge in [0.25, 0.3) is 0 Å². The smallest absolute Gasteiger partial charge is 0.410 e. The van der Waals surface area contributed by atoms with Crippen LogP contribution in [0.3, 0.4) is 0 Å². The molecule has 0 bridgehead atoms. The van der Waals surface area contributed by atoms with Crippen molar-refractivity contribution in [3.63, 3.8) is 0 Å². The van der Waals surface area contributed by atoms with Crippen molar-refractivity contribution in [1.29, 1.82) is 0 Å². The maximum Gasteiger partial charge on any atom is 0.410 e. The van der Waals surface area contributed by atoms with E-state index in [1.54, 1.807) is 11.9 Å². The Morgan fingerprint density at radius 2 is 2.04 bits per heavy atom. The summed E-state index contributed by atoms with van der Waals surface area (Å²) in [4.78, 5) is 16.0. The monoisotopic (exact) mass is 336 g/mol. The van der Waals surface area contributed by atoms with Crippen LogP contribution in [0.5, 0.6) is 0 Å². The van der Waals surface area contributed by atoms with E-state index in [2.05, 4.69) is 20.4 Å². The highest BCUT2D eigenvalue weighted by atomic mass is 16.6. The molecule has 2 aliphatic rings. The lowest BCUT2D eigenvalue weighted by Gasteiger charge is -2.26. The van der Waals surface area contributed by atoms with E-state index >= 15 is 0 Å². The fourth-order valence-electron chi connectivity index (χ4n) is 3.05. The molecule has 24 heavy (non-hydrogen) atoms. The fourth-order valence-corrected chi connectivity index (χ4v) is 3.05. The first-order valence-electron chi connectivity index (χ1n) is 8.77. The summed E-state index contributed by atoms with van der Waals surface area (Å²) in [5.74, 6) is 2.02. The van der Waals surface area contributed by atoms with Gasteiger partial charge in [-0.05, 0) is 62.3 Å². The minimum Gasteiger partial charge on any atom is -0.444 e. The number of amides is 1. The van der Waals surface area contributed by atoms with E-state index in [0.717, 1.165) is 37.9 Å². The Kier molecular flexibility index (Phi) is 4.64. The average Bonchev–Trinajstić information content (AvgIpc) is 2.97. The molecule has 0 radical (unpaired) electrons. The van der Waals surface area contributed by atoms with Gasteiger partial charge in [-0.2, -0.15) is 0 Å². The summed E-state index contributed by atoms with van der Waals surface area (Å²) < 4.78 is 7.34. The minimum absolute atomic E-state index is 0.264. The van der Waals surface area contributed by atoms with Crippen LogP contribution in [0.1, 0.15) is 40.0 Å². The Morgan fingerprint density at radius 1 is 1.29 bits per heavy atom. The van der Waals surface area contributed by atoms with E-state index in [1.807, 2.05) is 25.5 Å². The van der Waals surface area contributed by atoms with E-state index in [0.29, 0.717) is 12.5 Å². The van der Waals surface area contributed by atoms with Crippen LogP contribution in [0.4, 0.5) is 10.7 Å². The zero-order chi connectivity index (χ0) is 17.3. The van der Waals surface area contributed by atoms with Gasteiger partial charge in [0.1, 0.15) is 5.60 Å². The Labute approximate surface area is 143 Å². The molecule has 2 heterocycles. The quantitative estimate of drug-likeness (QED) is 0.816. The van der Waals surface area contributed by atoms with E-state index in [1.165, 1.54) is 12.8 Å². The fraction of sp³-hybridized carbons (Fsp3) is 0.875. The number of nitrogens with zero attached hydrogens (tertiary/aromatic N) is 6. The van der Waals surface area contributed by atoms with Crippen LogP contribution >= 0.6 is 0 Å². The third kappa shape index (κ3) is 4.36. The minimum atomic E-state index is -0.460. The number of carbonyl (C=O) groups excluding carboxylic acids is 1. The molecule has 1 atom stereocenters. The second-order valence-corrected chi connectivity index (χ2v) is 8.07. The van der Waals surface area contributed by atoms with Gasteiger partial charge in [0, 0.05) is 33.2 Å². The van der Waals surface area contributed by atoms with E-state index in [4.69, 9.17) is 4.74 Å². The highest BCUT2D eigenvalue weighted by Crippen LogP contribution is 2.32. The Balaban J connectivity index is 1.52. The number of carbonyl (C=O) groups is 1. The maximum absolute atomic E-state index is 12.1. The molecule has 2 fully saturated rings. The lowest BCUT2D eigenvalue weighted by atomic mass is 10.1. The number of aromatic nitrogens is 4. The molecule has 0 aromatic carbocycles. The van der Waals surface area contributed by atoms with Crippen LogP contribution in [-0.2, 0) is 11.3 Å². The van der Waals surface area contributed by atoms with Crippen molar-refractivity contribution >= 4 is 12.0 Å². The van der Waals surface area contributed by atoms with Gasteiger partial charge in [0.05, 0.1) is 0 Å². The van der Waals surface area contributed by atoms with Crippen LogP contribution in [0.15, 0.2) is 0 Å². The molecule has 8 nitrogen and oxygen atoms in total. The molecule has 1 aromatic rings. The predicted octanol–water partition coefficient (Wildman–Crippen LogP) is 1.78. The van der Waals surface area contributed by atoms with Crippen molar-refractivity contribution in [2.45, 2.75) is 52.2 Å².